The van der Waals surface area contributed by atoms with Crippen molar-refractivity contribution in [2.45, 2.75) is 6.92 Å². The highest BCUT2D eigenvalue weighted by Gasteiger charge is 2.09. The third-order valence-electron chi connectivity index (χ3n) is 3.37. The predicted molar refractivity (Wildman–Crippen MR) is 85.1 cm³/mol. The van der Waals surface area contributed by atoms with Crippen LogP contribution in [0.25, 0.3) is 10.8 Å². The molecule has 3 rings (SSSR count). The van der Waals surface area contributed by atoms with Crippen LogP contribution in [0.2, 0.25) is 0 Å². The summed E-state index contributed by atoms with van der Waals surface area (Å²) >= 11 is 0. The third-order valence-corrected chi connectivity index (χ3v) is 3.37. The summed E-state index contributed by atoms with van der Waals surface area (Å²) in [6, 6.07) is 20.0. The maximum absolute atomic E-state index is 12.4. The van der Waals surface area contributed by atoms with Gasteiger partial charge < -0.3 is 4.74 Å². The molecule has 0 aliphatic rings. The van der Waals surface area contributed by atoms with E-state index in [1.165, 1.54) is 6.92 Å². The maximum Gasteiger partial charge on any atom is 0.308 e. The van der Waals surface area contributed by atoms with E-state index in [2.05, 4.69) is 0 Å². The number of carbonyl (C=O) groups is 2. The van der Waals surface area contributed by atoms with Crippen molar-refractivity contribution in [3.63, 3.8) is 0 Å². The molecule has 0 fully saturated rings. The number of esters is 1. The Bertz CT molecular complexity index is 851. The molecular weight excluding hydrogens is 276 g/mol. The van der Waals surface area contributed by atoms with Crippen LogP contribution >= 0.6 is 0 Å². The minimum atomic E-state index is -0.352. The van der Waals surface area contributed by atoms with Gasteiger partial charge in [0.15, 0.2) is 5.78 Å². The molecule has 0 saturated heterocycles. The lowest BCUT2D eigenvalue weighted by molar-refractivity contribution is -0.131. The quantitative estimate of drug-likeness (QED) is 0.416. The molecule has 0 N–H and O–H groups in total. The average molecular weight is 290 g/mol. The first-order valence-corrected chi connectivity index (χ1v) is 6.95. The standard InChI is InChI=1S/C19H14O3/c1-13(20)22-18-10-9-15-11-17(8-7-16(15)12-18)19(21)14-5-3-2-4-6-14/h2-12H,1H3. The van der Waals surface area contributed by atoms with Gasteiger partial charge in [-0.2, -0.15) is 0 Å². The summed E-state index contributed by atoms with van der Waals surface area (Å²) in [5.41, 5.74) is 1.30. The molecule has 0 aliphatic heterocycles. The minimum Gasteiger partial charge on any atom is -0.427 e. The number of benzene rings is 3. The zero-order valence-corrected chi connectivity index (χ0v) is 12.1. The molecule has 0 spiro atoms. The molecule has 0 radical (unpaired) electrons. The number of hydrogen-bond acceptors (Lipinski definition) is 3. The van der Waals surface area contributed by atoms with Gasteiger partial charge in [0.05, 0.1) is 0 Å². The van der Waals surface area contributed by atoms with E-state index in [9.17, 15) is 9.59 Å². The topological polar surface area (TPSA) is 43.4 Å². The molecule has 0 bridgehead atoms. The van der Waals surface area contributed by atoms with Crippen molar-refractivity contribution in [3.8, 4) is 5.75 Å². The summed E-state index contributed by atoms with van der Waals surface area (Å²) in [6.07, 6.45) is 0. The molecule has 22 heavy (non-hydrogen) atoms. The molecule has 3 aromatic carbocycles. The minimum absolute atomic E-state index is 0.00781. The van der Waals surface area contributed by atoms with E-state index in [0.29, 0.717) is 16.9 Å². The molecule has 0 unspecified atom stereocenters. The Balaban J connectivity index is 1.97. The van der Waals surface area contributed by atoms with Crippen LogP contribution in [-0.2, 0) is 4.79 Å². The summed E-state index contributed by atoms with van der Waals surface area (Å²) in [6.45, 7) is 1.37. The molecular formula is C19H14O3. The molecule has 0 heterocycles. The maximum atomic E-state index is 12.4. The Kier molecular flexibility index (Phi) is 3.71. The number of hydrogen-bond donors (Lipinski definition) is 0. The van der Waals surface area contributed by atoms with Crippen molar-refractivity contribution in [1.82, 2.24) is 0 Å². The predicted octanol–water partition coefficient (Wildman–Crippen LogP) is 4.00. The smallest absolute Gasteiger partial charge is 0.308 e. The van der Waals surface area contributed by atoms with Gasteiger partial charge in [-0.1, -0.05) is 48.5 Å². The molecule has 108 valence electrons. The highest BCUT2D eigenvalue weighted by atomic mass is 16.5. The van der Waals surface area contributed by atoms with E-state index < -0.39 is 0 Å². The van der Waals surface area contributed by atoms with E-state index >= 15 is 0 Å². The van der Waals surface area contributed by atoms with Crippen LogP contribution in [0.15, 0.2) is 66.7 Å². The monoisotopic (exact) mass is 290 g/mol. The fraction of sp³-hybridized carbons (Fsp3) is 0.0526. The van der Waals surface area contributed by atoms with Crippen molar-refractivity contribution in [1.29, 1.82) is 0 Å². The molecule has 0 aliphatic carbocycles. The Morgan fingerprint density at radius 1 is 0.773 bits per heavy atom. The summed E-state index contributed by atoms with van der Waals surface area (Å²) in [4.78, 5) is 23.4. The highest BCUT2D eigenvalue weighted by molar-refractivity contribution is 6.10. The second kappa shape index (κ2) is 5.82. The Morgan fingerprint density at radius 3 is 2.18 bits per heavy atom. The molecule has 0 atom stereocenters. The van der Waals surface area contributed by atoms with E-state index in [0.717, 1.165) is 10.8 Å². The lowest BCUT2D eigenvalue weighted by Crippen LogP contribution is -2.02. The number of ketones is 1. The Labute approximate surface area is 128 Å². The number of carbonyl (C=O) groups excluding carboxylic acids is 2. The van der Waals surface area contributed by atoms with Crippen molar-refractivity contribution in [3.05, 3.63) is 77.9 Å². The van der Waals surface area contributed by atoms with Crippen molar-refractivity contribution >= 4 is 22.5 Å². The SMILES string of the molecule is CC(=O)Oc1ccc2cc(C(=O)c3ccccc3)ccc2c1. The second-order valence-electron chi connectivity index (χ2n) is 5.01. The van der Waals surface area contributed by atoms with Crippen LogP contribution in [0.5, 0.6) is 5.75 Å². The molecule has 0 saturated carbocycles. The summed E-state index contributed by atoms with van der Waals surface area (Å²) < 4.78 is 5.06. The number of ether oxygens (including phenoxy) is 1. The molecule has 0 amide bonds. The molecule has 3 aromatic rings. The van der Waals surface area contributed by atoms with Crippen LogP contribution in [0.3, 0.4) is 0 Å². The van der Waals surface area contributed by atoms with E-state index in [1.807, 2.05) is 36.4 Å². The van der Waals surface area contributed by atoms with Crippen LogP contribution in [0.1, 0.15) is 22.8 Å². The van der Waals surface area contributed by atoms with Crippen molar-refractivity contribution in [2.75, 3.05) is 0 Å². The van der Waals surface area contributed by atoms with Crippen LogP contribution in [0, 0.1) is 0 Å². The average Bonchev–Trinajstić information content (AvgIpc) is 2.54. The largest absolute Gasteiger partial charge is 0.427 e. The van der Waals surface area contributed by atoms with Gasteiger partial charge in [0.1, 0.15) is 5.75 Å². The Morgan fingerprint density at radius 2 is 1.45 bits per heavy atom. The first kappa shape index (κ1) is 14.0. The fourth-order valence-electron chi connectivity index (χ4n) is 2.35. The van der Waals surface area contributed by atoms with E-state index in [4.69, 9.17) is 4.74 Å². The number of fused-ring (bicyclic) bond motifs is 1. The molecule has 0 aromatic heterocycles. The fourth-order valence-corrected chi connectivity index (χ4v) is 2.35. The second-order valence-corrected chi connectivity index (χ2v) is 5.01. The van der Waals surface area contributed by atoms with Crippen LogP contribution in [-0.4, -0.2) is 11.8 Å². The van der Waals surface area contributed by atoms with Crippen LogP contribution in [0.4, 0.5) is 0 Å². The zero-order chi connectivity index (χ0) is 15.5. The van der Waals surface area contributed by atoms with Gasteiger partial charge in [-0.3, -0.25) is 9.59 Å². The number of rotatable bonds is 3. The highest BCUT2D eigenvalue weighted by Crippen LogP contribution is 2.23. The molecule has 3 nitrogen and oxygen atoms in total. The third kappa shape index (κ3) is 2.88. The Hall–Kier alpha value is -2.94. The van der Waals surface area contributed by atoms with Gasteiger partial charge in [-0.15, -0.1) is 0 Å². The van der Waals surface area contributed by atoms with Gasteiger partial charge >= 0.3 is 5.97 Å². The zero-order valence-electron chi connectivity index (χ0n) is 12.1. The summed E-state index contributed by atoms with van der Waals surface area (Å²) in [5, 5.41) is 1.85. The van der Waals surface area contributed by atoms with Gasteiger partial charge in [0.2, 0.25) is 0 Å². The van der Waals surface area contributed by atoms with Crippen molar-refractivity contribution in [2.24, 2.45) is 0 Å². The van der Waals surface area contributed by atoms with E-state index in [-0.39, 0.29) is 11.8 Å². The first-order valence-electron chi connectivity index (χ1n) is 6.95. The summed E-state index contributed by atoms with van der Waals surface area (Å²) in [7, 11) is 0. The van der Waals surface area contributed by atoms with Crippen LogP contribution < -0.4 is 4.74 Å². The summed E-state index contributed by atoms with van der Waals surface area (Å²) in [5.74, 6) is 0.143. The lowest BCUT2D eigenvalue weighted by Gasteiger charge is -2.06. The van der Waals surface area contributed by atoms with Gasteiger partial charge in [-0.05, 0) is 29.0 Å². The van der Waals surface area contributed by atoms with Crippen molar-refractivity contribution < 1.29 is 14.3 Å². The van der Waals surface area contributed by atoms with Gasteiger partial charge in [0.25, 0.3) is 0 Å². The lowest BCUT2D eigenvalue weighted by atomic mass is 10.00. The van der Waals surface area contributed by atoms with Gasteiger partial charge in [-0.25, -0.2) is 0 Å². The molecule has 3 heteroatoms. The van der Waals surface area contributed by atoms with Gasteiger partial charge in [0, 0.05) is 18.1 Å². The first-order chi connectivity index (χ1) is 10.6. The van der Waals surface area contributed by atoms with E-state index in [1.54, 1.807) is 30.3 Å². The normalized spacial score (nSPS) is 10.4.